The topological polar surface area (TPSA) is 32.3 Å². The summed E-state index contributed by atoms with van der Waals surface area (Å²) in [6.45, 7) is 4.40. The Morgan fingerprint density at radius 2 is 2.21 bits per heavy atom. The van der Waals surface area contributed by atoms with Gasteiger partial charge in [0.05, 0.1) is 0 Å². The maximum Gasteiger partial charge on any atom is 0.254 e. The number of nitrogens with zero attached hydrogens (tertiary/aromatic N) is 1. The Balaban J connectivity index is 1.77. The van der Waals surface area contributed by atoms with Gasteiger partial charge in [-0.2, -0.15) is 0 Å². The number of piperidine rings is 1. The van der Waals surface area contributed by atoms with Gasteiger partial charge in [-0.1, -0.05) is 0 Å². The quantitative estimate of drug-likeness (QED) is 0.839. The Labute approximate surface area is 112 Å². The van der Waals surface area contributed by atoms with Crippen molar-refractivity contribution >= 4 is 5.91 Å². The van der Waals surface area contributed by atoms with Crippen molar-refractivity contribution in [3.8, 4) is 0 Å². The highest BCUT2D eigenvalue weighted by Gasteiger charge is 2.36. The molecule has 0 aromatic heterocycles. The van der Waals surface area contributed by atoms with Crippen LogP contribution in [0.5, 0.6) is 0 Å². The van der Waals surface area contributed by atoms with Crippen LogP contribution >= 0.6 is 0 Å². The van der Waals surface area contributed by atoms with Crippen molar-refractivity contribution in [2.45, 2.75) is 25.8 Å². The van der Waals surface area contributed by atoms with E-state index >= 15 is 0 Å². The molecule has 0 saturated carbocycles. The van der Waals surface area contributed by atoms with Crippen LogP contribution in [-0.4, -0.2) is 36.5 Å². The van der Waals surface area contributed by atoms with E-state index in [1.165, 1.54) is 25.0 Å². The van der Waals surface area contributed by atoms with Gasteiger partial charge in [-0.25, -0.2) is 4.39 Å². The zero-order valence-electron chi connectivity index (χ0n) is 11.2. The molecule has 2 aliphatic heterocycles. The number of hydrogen-bond donors (Lipinski definition) is 1. The molecular formula is C15H19FN2O. The molecule has 2 aliphatic rings. The minimum atomic E-state index is -0.335. The Hall–Kier alpha value is -1.42. The first kappa shape index (κ1) is 12.6. The van der Waals surface area contributed by atoms with E-state index in [0.29, 0.717) is 17.5 Å². The summed E-state index contributed by atoms with van der Waals surface area (Å²) in [7, 11) is 0. The van der Waals surface area contributed by atoms with Crippen molar-refractivity contribution in [3.05, 3.63) is 35.1 Å². The van der Waals surface area contributed by atoms with Crippen LogP contribution < -0.4 is 5.32 Å². The minimum absolute atomic E-state index is 0.0428. The molecule has 0 spiro atoms. The van der Waals surface area contributed by atoms with Crippen LogP contribution in [0.15, 0.2) is 18.2 Å². The van der Waals surface area contributed by atoms with Gasteiger partial charge in [-0.15, -0.1) is 0 Å². The van der Waals surface area contributed by atoms with Crippen molar-refractivity contribution in [1.29, 1.82) is 0 Å². The van der Waals surface area contributed by atoms with Crippen LogP contribution in [0.1, 0.15) is 28.8 Å². The van der Waals surface area contributed by atoms with E-state index in [4.69, 9.17) is 0 Å². The largest absolute Gasteiger partial charge is 0.337 e. The highest BCUT2D eigenvalue weighted by molar-refractivity contribution is 5.94. The van der Waals surface area contributed by atoms with E-state index in [2.05, 4.69) is 5.32 Å². The van der Waals surface area contributed by atoms with Gasteiger partial charge in [0.25, 0.3) is 5.91 Å². The molecule has 4 heteroatoms. The predicted molar refractivity (Wildman–Crippen MR) is 71.6 cm³/mol. The number of rotatable bonds is 1. The van der Waals surface area contributed by atoms with Crippen LogP contribution in [0.4, 0.5) is 4.39 Å². The third-order valence-electron chi connectivity index (χ3n) is 4.18. The molecule has 2 saturated heterocycles. The van der Waals surface area contributed by atoms with Crippen molar-refractivity contribution in [2.75, 3.05) is 19.6 Å². The average Bonchev–Trinajstić information content (AvgIpc) is 2.80. The van der Waals surface area contributed by atoms with E-state index in [1.807, 2.05) is 11.8 Å². The summed E-state index contributed by atoms with van der Waals surface area (Å²) in [5, 5.41) is 3.47. The monoisotopic (exact) mass is 262 g/mol. The third-order valence-corrected chi connectivity index (χ3v) is 4.18. The standard InChI is InChI=1S/C15H19FN2O/c1-10-5-12(7-13(16)6-10)15(19)18-8-11-3-2-4-17-14(11)9-18/h5-7,11,14,17H,2-4,8-9H2,1H3. The lowest BCUT2D eigenvalue weighted by Crippen LogP contribution is -2.41. The SMILES string of the molecule is Cc1cc(F)cc(C(=O)N2CC3CCCNC3C2)c1. The van der Waals surface area contributed by atoms with Gasteiger partial charge in [0.2, 0.25) is 0 Å². The first-order chi connectivity index (χ1) is 9.13. The molecule has 0 aliphatic carbocycles. The lowest BCUT2D eigenvalue weighted by Gasteiger charge is -2.24. The molecule has 1 aromatic rings. The number of amides is 1. The smallest absolute Gasteiger partial charge is 0.254 e. The molecule has 3 rings (SSSR count). The van der Waals surface area contributed by atoms with Gasteiger partial charge in [0.1, 0.15) is 5.82 Å². The second-order valence-electron chi connectivity index (χ2n) is 5.69. The summed E-state index contributed by atoms with van der Waals surface area (Å²) < 4.78 is 13.4. The van der Waals surface area contributed by atoms with Crippen molar-refractivity contribution in [2.24, 2.45) is 5.92 Å². The summed E-state index contributed by atoms with van der Waals surface area (Å²) in [4.78, 5) is 14.3. The normalized spacial score (nSPS) is 26.3. The first-order valence-corrected chi connectivity index (χ1v) is 6.93. The number of carbonyl (C=O) groups is 1. The zero-order chi connectivity index (χ0) is 13.4. The molecule has 0 radical (unpaired) electrons. The highest BCUT2D eigenvalue weighted by atomic mass is 19.1. The average molecular weight is 262 g/mol. The highest BCUT2D eigenvalue weighted by Crippen LogP contribution is 2.26. The Bertz CT molecular complexity index is 469. The van der Waals surface area contributed by atoms with Crippen LogP contribution in [0.3, 0.4) is 0 Å². The van der Waals surface area contributed by atoms with Crippen LogP contribution in [0, 0.1) is 18.7 Å². The first-order valence-electron chi connectivity index (χ1n) is 6.93. The van der Waals surface area contributed by atoms with Crippen molar-refractivity contribution in [1.82, 2.24) is 10.2 Å². The maximum atomic E-state index is 13.4. The summed E-state index contributed by atoms with van der Waals surface area (Å²) in [6, 6.07) is 4.97. The Morgan fingerprint density at radius 3 is 2.95 bits per heavy atom. The van der Waals surface area contributed by atoms with Gasteiger partial charge in [-0.05, 0) is 56.0 Å². The number of likely N-dealkylation sites (tertiary alicyclic amines) is 1. The molecular weight excluding hydrogens is 243 g/mol. The van der Waals surface area contributed by atoms with Crippen molar-refractivity contribution in [3.63, 3.8) is 0 Å². The minimum Gasteiger partial charge on any atom is -0.337 e. The van der Waals surface area contributed by atoms with Gasteiger partial charge in [0, 0.05) is 24.7 Å². The molecule has 102 valence electrons. The van der Waals surface area contributed by atoms with Gasteiger partial charge >= 0.3 is 0 Å². The number of nitrogens with one attached hydrogen (secondary N) is 1. The summed E-state index contributed by atoms with van der Waals surface area (Å²) in [6.07, 6.45) is 2.37. The number of aryl methyl sites for hydroxylation is 1. The fourth-order valence-corrected chi connectivity index (χ4v) is 3.25. The number of halogens is 1. The second-order valence-corrected chi connectivity index (χ2v) is 5.69. The van der Waals surface area contributed by atoms with Gasteiger partial charge in [0.15, 0.2) is 0 Å². The number of fused-ring (bicyclic) bond motifs is 1. The lowest BCUT2D eigenvalue weighted by molar-refractivity contribution is 0.0785. The number of benzene rings is 1. The van der Waals surface area contributed by atoms with Crippen LogP contribution in [0.25, 0.3) is 0 Å². The van der Waals surface area contributed by atoms with Crippen LogP contribution in [0.2, 0.25) is 0 Å². The summed E-state index contributed by atoms with van der Waals surface area (Å²) >= 11 is 0. The molecule has 2 unspecified atom stereocenters. The lowest BCUT2D eigenvalue weighted by atomic mass is 9.94. The Morgan fingerprint density at radius 1 is 1.37 bits per heavy atom. The van der Waals surface area contributed by atoms with Crippen molar-refractivity contribution < 1.29 is 9.18 Å². The molecule has 2 fully saturated rings. The number of carbonyl (C=O) groups excluding carboxylic acids is 1. The molecule has 19 heavy (non-hydrogen) atoms. The molecule has 2 heterocycles. The summed E-state index contributed by atoms with van der Waals surface area (Å²) in [5.74, 6) is 0.184. The number of hydrogen-bond acceptors (Lipinski definition) is 2. The second kappa shape index (κ2) is 4.93. The molecule has 3 nitrogen and oxygen atoms in total. The fraction of sp³-hybridized carbons (Fsp3) is 0.533. The van der Waals surface area contributed by atoms with E-state index in [0.717, 1.165) is 25.2 Å². The fourth-order valence-electron chi connectivity index (χ4n) is 3.25. The van der Waals surface area contributed by atoms with E-state index in [1.54, 1.807) is 6.07 Å². The molecule has 2 atom stereocenters. The molecule has 1 N–H and O–H groups in total. The summed E-state index contributed by atoms with van der Waals surface area (Å²) in [5.41, 5.74) is 1.26. The van der Waals surface area contributed by atoms with E-state index in [9.17, 15) is 9.18 Å². The van der Waals surface area contributed by atoms with Crippen LogP contribution in [-0.2, 0) is 0 Å². The Kier molecular flexibility index (Phi) is 3.27. The zero-order valence-corrected chi connectivity index (χ0v) is 11.2. The van der Waals surface area contributed by atoms with Gasteiger partial charge in [-0.3, -0.25) is 4.79 Å². The predicted octanol–water partition coefficient (Wildman–Crippen LogP) is 1.96. The van der Waals surface area contributed by atoms with Gasteiger partial charge < -0.3 is 10.2 Å². The van der Waals surface area contributed by atoms with E-state index < -0.39 is 0 Å². The molecule has 1 aromatic carbocycles. The molecule has 0 bridgehead atoms. The molecule has 1 amide bonds. The maximum absolute atomic E-state index is 13.4. The third kappa shape index (κ3) is 2.50. The van der Waals surface area contributed by atoms with E-state index in [-0.39, 0.29) is 11.7 Å².